The molecule has 0 fully saturated rings. The molecule has 0 aliphatic carbocycles. The second-order valence-corrected chi connectivity index (χ2v) is 5.19. The molecule has 130 valence electrons. The number of rotatable bonds is 8. The third-order valence-electron chi connectivity index (χ3n) is 3.45. The van der Waals surface area contributed by atoms with Gasteiger partial charge in [-0.1, -0.05) is 38.3 Å². The molecule has 1 aromatic rings. The van der Waals surface area contributed by atoms with Crippen LogP contribution in [0, 0.1) is 0 Å². The number of carbonyl (C=O) groups excluding carboxylic acids is 1. The zero-order valence-electron chi connectivity index (χ0n) is 14.3. The van der Waals surface area contributed by atoms with Crippen molar-refractivity contribution in [3.63, 3.8) is 0 Å². The lowest BCUT2D eigenvalue weighted by molar-refractivity contribution is 0.0963. The molecule has 0 radical (unpaired) electrons. The highest BCUT2D eigenvalue weighted by Crippen LogP contribution is 2.04. The summed E-state index contributed by atoms with van der Waals surface area (Å²) in [5.41, 5.74) is 1.78. The van der Waals surface area contributed by atoms with Crippen LogP contribution in [-0.4, -0.2) is 32.5 Å². The molecule has 0 aromatic heterocycles. The van der Waals surface area contributed by atoms with Crippen molar-refractivity contribution in [2.24, 2.45) is 4.99 Å². The Morgan fingerprint density at radius 2 is 1.78 bits per heavy atom. The Labute approximate surface area is 156 Å². The fourth-order valence-corrected chi connectivity index (χ4v) is 2.08. The van der Waals surface area contributed by atoms with Crippen LogP contribution >= 0.6 is 24.0 Å². The van der Waals surface area contributed by atoms with E-state index >= 15 is 0 Å². The Kier molecular flexibility index (Phi) is 12.4. The standard InChI is InChI=1S/C17H28N4O.HI/c1-4-5-6-7-12-20-17(19-3)21-13-14-8-10-15(11-9-14)16(22)18-2;/h8-11H,4-7,12-13H2,1-3H3,(H,18,22)(H2,19,20,21);1H. The zero-order valence-corrected chi connectivity index (χ0v) is 16.6. The number of halogens is 1. The third-order valence-corrected chi connectivity index (χ3v) is 3.45. The molecule has 1 rings (SSSR count). The predicted octanol–water partition coefficient (Wildman–Crippen LogP) is 2.91. The number of benzene rings is 1. The first-order valence-corrected chi connectivity index (χ1v) is 7.96. The van der Waals surface area contributed by atoms with E-state index in [4.69, 9.17) is 0 Å². The number of hydrogen-bond donors (Lipinski definition) is 3. The van der Waals surface area contributed by atoms with Crippen LogP contribution in [0.15, 0.2) is 29.3 Å². The summed E-state index contributed by atoms with van der Waals surface area (Å²) < 4.78 is 0. The third kappa shape index (κ3) is 8.78. The van der Waals surface area contributed by atoms with Crippen molar-refractivity contribution in [1.82, 2.24) is 16.0 Å². The zero-order chi connectivity index (χ0) is 16.2. The van der Waals surface area contributed by atoms with Crippen molar-refractivity contribution in [2.75, 3.05) is 20.6 Å². The molecule has 1 aromatic carbocycles. The van der Waals surface area contributed by atoms with Gasteiger partial charge in [0.1, 0.15) is 0 Å². The smallest absolute Gasteiger partial charge is 0.251 e. The van der Waals surface area contributed by atoms with Gasteiger partial charge in [0.15, 0.2) is 5.96 Å². The van der Waals surface area contributed by atoms with Gasteiger partial charge in [0.25, 0.3) is 5.91 Å². The van der Waals surface area contributed by atoms with Gasteiger partial charge in [-0.15, -0.1) is 24.0 Å². The summed E-state index contributed by atoms with van der Waals surface area (Å²) >= 11 is 0. The fourth-order valence-electron chi connectivity index (χ4n) is 2.08. The monoisotopic (exact) mass is 432 g/mol. The molecule has 0 saturated heterocycles. The van der Waals surface area contributed by atoms with E-state index in [1.54, 1.807) is 14.1 Å². The minimum absolute atomic E-state index is 0. The van der Waals surface area contributed by atoms with Crippen LogP contribution in [0.25, 0.3) is 0 Å². The Hall–Kier alpha value is -1.31. The Balaban J connectivity index is 0.00000484. The molecule has 0 spiro atoms. The number of hydrogen-bond acceptors (Lipinski definition) is 2. The quantitative estimate of drug-likeness (QED) is 0.256. The molecule has 5 nitrogen and oxygen atoms in total. The van der Waals surface area contributed by atoms with Crippen LogP contribution in [0.5, 0.6) is 0 Å². The summed E-state index contributed by atoms with van der Waals surface area (Å²) in [7, 11) is 3.41. The Morgan fingerprint density at radius 3 is 2.35 bits per heavy atom. The van der Waals surface area contributed by atoms with Gasteiger partial charge >= 0.3 is 0 Å². The molecule has 0 unspecified atom stereocenters. The molecule has 23 heavy (non-hydrogen) atoms. The van der Waals surface area contributed by atoms with Crippen LogP contribution in [0.1, 0.15) is 48.5 Å². The number of unbranched alkanes of at least 4 members (excludes halogenated alkanes) is 3. The first kappa shape index (κ1) is 21.7. The van der Waals surface area contributed by atoms with E-state index in [1.807, 2.05) is 24.3 Å². The van der Waals surface area contributed by atoms with Crippen molar-refractivity contribution >= 4 is 35.8 Å². The number of amides is 1. The number of nitrogens with zero attached hydrogens (tertiary/aromatic N) is 1. The molecule has 0 aliphatic rings. The number of carbonyl (C=O) groups is 1. The lowest BCUT2D eigenvalue weighted by Gasteiger charge is -2.12. The number of aliphatic imine (C=N–C) groups is 1. The highest BCUT2D eigenvalue weighted by atomic mass is 127. The minimum atomic E-state index is -0.0657. The topological polar surface area (TPSA) is 65.5 Å². The van der Waals surface area contributed by atoms with Gasteiger partial charge in [0.2, 0.25) is 0 Å². The average Bonchev–Trinajstić information content (AvgIpc) is 2.57. The summed E-state index contributed by atoms with van der Waals surface area (Å²) in [4.78, 5) is 15.7. The van der Waals surface area contributed by atoms with E-state index in [2.05, 4.69) is 27.9 Å². The molecular formula is C17H29IN4O. The van der Waals surface area contributed by atoms with Crippen molar-refractivity contribution in [2.45, 2.75) is 39.2 Å². The van der Waals surface area contributed by atoms with Crippen LogP contribution < -0.4 is 16.0 Å². The fraction of sp³-hybridized carbons (Fsp3) is 0.529. The van der Waals surface area contributed by atoms with Gasteiger partial charge in [0, 0.05) is 32.7 Å². The SMILES string of the molecule is CCCCCCNC(=NC)NCc1ccc(C(=O)NC)cc1.I. The lowest BCUT2D eigenvalue weighted by Crippen LogP contribution is -2.37. The van der Waals surface area contributed by atoms with Crippen molar-refractivity contribution in [3.05, 3.63) is 35.4 Å². The first-order valence-electron chi connectivity index (χ1n) is 7.96. The molecule has 0 bridgehead atoms. The first-order chi connectivity index (χ1) is 10.7. The van der Waals surface area contributed by atoms with E-state index in [0.717, 1.165) is 24.5 Å². The molecule has 6 heteroatoms. The van der Waals surface area contributed by atoms with Crippen LogP contribution in [0.3, 0.4) is 0 Å². The van der Waals surface area contributed by atoms with Gasteiger partial charge in [-0.2, -0.15) is 0 Å². The van der Waals surface area contributed by atoms with Crippen LogP contribution in [-0.2, 0) is 6.54 Å². The highest BCUT2D eigenvalue weighted by Gasteiger charge is 2.03. The maximum atomic E-state index is 11.5. The molecule has 0 aliphatic heterocycles. The maximum Gasteiger partial charge on any atom is 0.251 e. The molecule has 0 heterocycles. The second-order valence-electron chi connectivity index (χ2n) is 5.19. The predicted molar refractivity (Wildman–Crippen MR) is 108 cm³/mol. The van der Waals surface area contributed by atoms with Crippen molar-refractivity contribution < 1.29 is 4.79 Å². The Bertz CT molecular complexity index is 474. The Morgan fingerprint density at radius 1 is 1.09 bits per heavy atom. The molecule has 0 saturated carbocycles. The average molecular weight is 432 g/mol. The van der Waals surface area contributed by atoms with Crippen LogP contribution in [0.2, 0.25) is 0 Å². The van der Waals surface area contributed by atoms with Crippen molar-refractivity contribution in [1.29, 1.82) is 0 Å². The normalized spacial score (nSPS) is 10.7. The summed E-state index contributed by atoms with van der Waals surface area (Å²) in [5.74, 6) is 0.746. The summed E-state index contributed by atoms with van der Waals surface area (Å²) in [6.45, 7) is 3.83. The van der Waals surface area contributed by atoms with Crippen molar-refractivity contribution in [3.8, 4) is 0 Å². The largest absolute Gasteiger partial charge is 0.356 e. The van der Waals surface area contributed by atoms with Gasteiger partial charge in [-0.05, 0) is 24.1 Å². The second kappa shape index (κ2) is 13.2. The molecule has 1 amide bonds. The maximum absolute atomic E-state index is 11.5. The lowest BCUT2D eigenvalue weighted by atomic mass is 10.1. The van der Waals surface area contributed by atoms with E-state index in [0.29, 0.717) is 12.1 Å². The van der Waals surface area contributed by atoms with E-state index in [-0.39, 0.29) is 29.9 Å². The summed E-state index contributed by atoms with van der Waals surface area (Å²) in [6.07, 6.45) is 4.95. The molecule has 0 atom stereocenters. The summed E-state index contributed by atoms with van der Waals surface area (Å²) in [6, 6.07) is 7.56. The summed E-state index contributed by atoms with van der Waals surface area (Å²) in [5, 5.41) is 9.20. The van der Waals surface area contributed by atoms with Gasteiger partial charge in [0.05, 0.1) is 0 Å². The van der Waals surface area contributed by atoms with Gasteiger partial charge in [-0.3, -0.25) is 9.79 Å². The molecule has 3 N–H and O–H groups in total. The van der Waals surface area contributed by atoms with E-state index in [1.165, 1.54) is 19.3 Å². The van der Waals surface area contributed by atoms with Gasteiger partial charge < -0.3 is 16.0 Å². The molecular weight excluding hydrogens is 403 g/mol. The van der Waals surface area contributed by atoms with Crippen LogP contribution in [0.4, 0.5) is 0 Å². The van der Waals surface area contributed by atoms with E-state index < -0.39 is 0 Å². The number of nitrogens with one attached hydrogen (secondary N) is 3. The highest BCUT2D eigenvalue weighted by molar-refractivity contribution is 14.0. The van der Waals surface area contributed by atoms with Gasteiger partial charge in [-0.25, -0.2) is 0 Å². The number of guanidine groups is 1. The van der Waals surface area contributed by atoms with E-state index in [9.17, 15) is 4.79 Å². The minimum Gasteiger partial charge on any atom is -0.356 e.